The van der Waals surface area contributed by atoms with Crippen LogP contribution in [0.25, 0.3) is 0 Å². The Morgan fingerprint density at radius 3 is 2.67 bits per heavy atom. The monoisotopic (exact) mass is 307 g/mol. The summed E-state index contributed by atoms with van der Waals surface area (Å²) in [7, 11) is 1.73. The van der Waals surface area contributed by atoms with Gasteiger partial charge in [0.15, 0.2) is 6.61 Å². The van der Waals surface area contributed by atoms with E-state index in [-0.39, 0.29) is 12.5 Å². The number of nitrogens with zero attached hydrogens (tertiary/aromatic N) is 3. The van der Waals surface area contributed by atoms with Crippen LogP contribution in [0.5, 0.6) is 5.75 Å². The summed E-state index contributed by atoms with van der Waals surface area (Å²) in [5, 5.41) is 4.98. The van der Waals surface area contributed by atoms with Crippen molar-refractivity contribution in [3.8, 4) is 5.75 Å². The van der Waals surface area contributed by atoms with Gasteiger partial charge in [-0.05, 0) is 37.3 Å². The second-order valence-corrected chi connectivity index (χ2v) is 5.09. The Balaban J connectivity index is 1.83. The predicted octanol–water partition coefficient (Wildman–Crippen LogP) is 2.59. The molecule has 1 aromatic carbocycles. The predicted molar refractivity (Wildman–Crippen MR) is 81.3 cm³/mol. The minimum atomic E-state index is -0.101. The zero-order valence-electron chi connectivity index (χ0n) is 12.1. The zero-order chi connectivity index (χ0) is 15.2. The largest absolute Gasteiger partial charge is 0.484 e. The first-order valence-corrected chi connectivity index (χ1v) is 7.11. The molecule has 1 amide bonds. The molecule has 0 saturated carbocycles. The van der Waals surface area contributed by atoms with Crippen molar-refractivity contribution in [3.05, 3.63) is 47.2 Å². The molecule has 0 spiro atoms. The summed E-state index contributed by atoms with van der Waals surface area (Å²) in [6, 6.07) is 8.83. The van der Waals surface area contributed by atoms with Crippen molar-refractivity contribution >= 4 is 17.5 Å². The van der Waals surface area contributed by atoms with Gasteiger partial charge in [0.2, 0.25) is 0 Å². The number of benzene rings is 1. The third-order valence-corrected chi connectivity index (χ3v) is 3.27. The number of ether oxygens (including phenoxy) is 1. The molecule has 0 aliphatic heterocycles. The van der Waals surface area contributed by atoms with Crippen molar-refractivity contribution in [1.29, 1.82) is 0 Å². The molecule has 0 atom stereocenters. The highest BCUT2D eigenvalue weighted by Crippen LogP contribution is 2.15. The highest BCUT2D eigenvalue weighted by atomic mass is 35.5. The van der Waals surface area contributed by atoms with E-state index in [4.69, 9.17) is 16.3 Å². The molecule has 21 heavy (non-hydrogen) atoms. The number of carbonyl (C=O) groups excluding carboxylic acids is 1. The van der Waals surface area contributed by atoms with Crippen LogP contribution in [0, 0.1) is 0 Å². The minimum Gasteiger partial charge on any atom is -0.484 e. The smallest absolute Gasteiger partial charge is 0.260 e. The van der Waals surface area contributed by atoms with E-state index in [2.05, 4.69) is 5.10 Å². The van der Waals surface area contributed by atoms with Gasteiger partial charge in [0.25, 0.3) is 5.91 Å². The molecular weight excluding hydrogens is 290 g/mol. The highest BCUT2D eigenvalue weighted by molar-refractivity contribution is 6.30. The van der Waals surface area contributed by atoms with E-state index in [1.807, 2.05) is 23.9 Å². The van der Waals surface area contributed by atoms with Crippen LogP contribution < -0.4 is 4.74 Å². The van der Waals surface area contributed by atoms with E-state index in [1.54, 1.807) is 36.2 Å². The normalized spacial score (nSPS) is 10.4. The molecule has 1 heterocycles. The standard InChI is InChI=1S/C15H18ClN3O2/c1-3-19-9-8-13(17-19)10-18(2)15(20)11-21-14-6-4-12(16)5-7-14/h4-9H,3,10-11H2,1-2H3. The Labute approximate surface area is 129 Å². The summed E-state index contributed by atoms with van der Waals surface area (Å²) < 4.78 is 7.26. The lowest BCUT2D eigenvalue weighted by Crippen LogP contribution is -2.31. The molecule has 6 heteroatoms. The average molecular weight is 308 g/mol. The summed E-state index contributed by atoms with van der Waals surface area (Å²) in [6.45, 7) is 3.30. The number of aromatic nitrogens is 2. The second-order valence-electron chi connectivity index (χ2n) is 4.66. The number of rotatable bonds is 6. The highest BCUT2D eigenvalue weighted by Gasteiger charge is 2.11. The average Bonchev–Trinajstić information content (AvgIpc) is 2.94. The molecule has 0 N–H and O–H groups in total. The summed E-state index contributed by atoms with van der Waals surface area (Å²) in [5.41, 5.74) is 0.860. The zero-order valence-corrected chi connectivity index (χ0v) is 12.9. The van der Waals surface area contributed by atoms with Gasteiger partial charge in [-0.1, -0.05) is 11.6 Å². The van der Waals surface area contributed by atoms with E-state index in [0.717, 1.165) is 12.2 Å². The van der Waals surface area contributed by atoms with Gasteiger partial charge in [-0.15, -0.1) is 0 Å². The van der Waals surface area contributed by atoms with E-state index < -0.39 is 0 Å². The van der Waals surface area contributed by atoms with Gasteiger partial charge in [-0.25, -0.2) is 0 Å². The maximum Gasteiger partial charge on any atom is 0.260 e. The maximum absolute atomic E-state index is 12.0. The SMILES string of the molecule is CCn1ccc(CN(C)C(=O)COc2ccc(Cl)cc2)n1. The van der Waals surface area contributed by atoms with Crippen molar-refractivity contribution < 1.29 is 9.53 Å². The third-order valence-electron chi connectivity index (χ3n) is 3.02. The fraction of sp³-hybridized carbons (Fsp3) is 0.333. The Morgan fingerprint density at radius 1 is 1.33 bits per heavy atom. The first kappa shape index (κ1) is 15.4. The topological polar surface area (TPSA) is 47.4 Å². The number of hydrogen-bond donors (Lipinski definition) is 0. The Kier molecular flexibility index (Phi) is 5.22. The molecular formula is C15H18ClN3O2. The number of likely N-dealkylation sites (N-methyl/N-ethyl adjacent to an activating group) is 1. The maximum atomic E-state index is 12.0. The molecule has 0 aliphatic carbocycles. The van der Waals surface area contributed by atoms with Crippen LogP contribution in [0.4, 0.5) is 0 Å². The lowest BCUT2D eigenvalue weighted by molar-refractivity contribution is -0.132. The van der Waals surface area contributed by atoms with Crippen LogP contribution in [-0.4, -0.2) is 34.2 Å². The Bertz CT molecular complexity index is 595. The summed E-state index contributed by atoms with van der Waals surface area (Å²) in [4.78, 5) is 13.6. The molecule has 2 rings (SSSR count). The van der Waals surface area contributed by atoms with Crippen LogP contribution in [0.2, 0.25) is 5.02 Å². The fourth-order valence-electron chi connectivity index (χ4n) is 1.78. The fourth-order valence-corrected chi connectivity index (χ4v) is 1.91. The van der Waals surface area contributed by atoms with Crippen LogP contribution >= 0.6 is 11.6 Å². The molecule has 1 aromatic heterocycles. The number of carbonyl (C=O) groups is 1. The molecule has 2 aromatic rings. The molecule has 0 aliphatic rings. The summed E-state index contributed by atoms with van der Waals surface area (Å²) in [5.74, 6) is 0.521. The van der Waals surface area contributed by atoms with E-state index in [9.17, 15) is 4.79 Å². The Morgan fingerprint density at radius 2 is 2.05 bits per heavy atom. The molecule has 112 valence electrons. The third kappa shape index (κ3) is 4.49. The van der Waals surface area contributed by atoms with E-state index >= 15 is 0 Å². The number of halogens is 1. The van der Waals surface area contributed by atoms with Gasteiger partial charge in [-0.3, -0.25) is 9.48 Å². The van der Waals surface area contributed by atoms with Gasteiger partial charge in [0, 0.05) is 24.8 Å². The van der Waals surface area contributed by atoms with Crippen molar-refractivity contribution in [2.24, 2.45) is 0 Å². The molecule has 0 unspecified atom stereocenters. The summed E-state index contributed by atoms with van der Waals surface area (Å²) in [6.07, 6.45) is 1.90. The van der Waals surface area contributed by atoms with Crippen LogP contribution in [0.15, 0.2) is 36.5 Å². The van der Waals surface area contributed by atoms with Crippen molar-refractivity contribution in [2.75, 3.05) is 13.7 Å². The number of hydrogen-bond acceptors (Lipinski definition) is 3. The molecule has 0 radical (unpaired) electrons. The first-order chi connectivity index (χ1) is 10.1. The van der Waals surface area contributed by atoms with Crippen molar-refractivity contribution in [3.63, 3.8) is 0 Å². The van der Waals surface area contributed by atoms with Crippen LogP contribution in [-0.2, 0) is 17.9 Å². The first-order valence-electron chi connectivity index (χ1n) is 6.73. The van der Waals surface area contributed by atoms with Crippen LogP contribution in [0.3, 0.4) is 0 Å². The summed E-state index contributed by atoms with van der Waals surface area (Å²) >= 11 is 5.79. The van der Waals surface area contributed by atoms with Gasteiger partial charge in [-0.2, -0.15) is 5.10 Å². The molecule has 5 nitrogen and oxygen atoms in total. The van der Waals surface area contributed by atoms with Gasteiger partial charge in [0.05, 0.1) is 12.2 Å². The van der Waals surface area contributed by atoms with E-state index in [1.165, 1.54) is 0 Å². The molecule has 0 bridgehead atoms. The number of amides is 1. The quantitative estimate of drug-likeness (QED) is 0.824. The van der Waals surface area contributed by atoms with Crippen molar-refractivity contribution in [1.82, 2.24) is 14.7 Å². The second kappa shape index (κ2) is 7.13. The van der Waals surface area contributed by atoms with Crippen molar-refractivity contribution in [2.45, 2.75) is 20.0 Å². The lowest BCUT2D eigenvalue weighted by Gasteiger charge is -2.16. The minimum absolute atomic E-state index is 0.00732. The van der Waals surface area contributed by atoms with Gasteiger partial charge >= 0.3 is 0 Å². The Hall–Kier alpha value is -2.01. The molecule has 0 fully saturated rings. The van der Waals surface area contributed by atoms with Gasteiger partial charge < -0.3 is 9.64 Å². The van der Waals surface area contributed by atoms with E-state index in [0.29, 0.717) is 17.3 Å². The lowest BCUT2D eigenvalue weighted by atomic mass is 10.3. The van der Waals surface area contributed by atoms with Gasteiger partial charge in [0.1, 0.15) is 5.75 Å². The molecule has 0 saturated heterocycles. The van der Waals surface area contributed by atoms with Crippen LogP contribution in [0.1, 0.15) is 12.6 Å². The number of aryl methyl sites for hydroxylation is 1.